The third-order valence-electron chi connectivity index (χ3n) is 5.43. The molecule has 4 heteroatoms. The molecule has 0 atom stereocenters. The highest BCUT2D eigenvalue weighted by atomic mass is 16.5. The van der Waals surface area contributed by atoms with Gasteiger partial charge >= 0.3 is 0 Å². The van der Waals surface area contributed by atoms with Gasteiger partial charge in [-0.25, -0.2) is 0 Å². The fourth-order valence-electron chi connectivity index (χ4n) is 4.17. The first-order chi connectivity index (χ1) is 13.2. The second-order valence-corrected chi connectivity index (χ2v) is 7.12. The van der Waals surface area contributed by atoms with Crippen molar-refractivity contribution in [3.05, 3.63) is 53.6 Å². The van der Waals surface area contributed by atoms with Crippen LogP contribution in [-0.2, 0) is 24.2 Å². The van der Waals surface area contributed by atoms with Crippen molar-refractivity contribution < 1.29 is 9.53 Å². The van der Waals surface area contributed by atoms with Gasteiger partial charge in [0.15, 0.2) is 0 Å². The number of carbonyl (C=O) groups excluding carboxylic acids is 1. The van der Waals surface area contributed by atoms with E-state index < -0.39 is 0 Å². The molecule has 1 amide bonds. The zero-order valence-corrected chi connectivity index (χ0v) is 16.0. The number of benzene rings is 2. The second-order valence-electron chi connectivity index (χ2n) is 7.12. The van der Waals surface area contributed by atoms with Gasteiger partial charge in [0.1, 0.15) is 5.75 Å². The fourth-order valence-corrected chi connectivity index (χ4v) is 4.17. The van der Waals surface area contributed by atoms with Gasteiger partial charge in [-0.05, 0) is 48.6 Å². The van der Waals surface area contributed by atoms with Gasteiger partial charge in [0.25, 0.3) is 0 Å². The van der Waals surface area contributed by atoms with E-state index in [0.29, 0.717) is 13.0 Å². The highest BCUT2D eigenvalue weighted by Crippen LogP contribution is 2.40. The molecule has 0 saturated heterocycles. The van der Waals surface area contributed by atoms with Crippen LogP contribution in [0.3, 0.4) is 0 Å². The van der Waals surface area contributed by atoms with Crippen molar-refractivity contribution in [2.45, 2.75) is 39.2 Å². The molecule has 1 N–H and O–H groups in total. The number of carbonyl (C=O) groups is 1. The van der Waals surface area contributed by atoms with Crippen molar-refractivity contribution in [3.63, 3.8) is 0 Å². The van der Waals surface area contributed by atoms with Gasteiger partial charge < -0.3 is 14.6 Å². The molecule has 3 aromatic rings. The number of amides is 1. The van der Waals surface area contributed by atoms with E-state index in [2.05, 4.69) is 46.3 Å². The Morgan fingerprint density at radius 2 is 2.07 bits per heavy atom. The third-order valence-corrected chi connectivity index (χ3v) is 5.43. The van der Waals surface area contributed by atoms with E-state index in [1.807, 2.05) is 13.0 Å². The highest BCUT2D eigenvalue weighted by Gasteiger charge is 2.23. The molecule has 140 valence electrons. The predicted octanol–water partition coefficient (Wildman–Crippen LogP) is 4.33. The molecular weight excluding hydrogens is 336 g/mol. The summed E-state index contributed by atoms with van der Waals surface area (Å²) in [5.41, 5.74) is 6.55. The average molecular weight is 362 g/mol. The Kier molecular flexibility index (Phi) is 4.88. The van der Waals surface area contributed by atoms with Crippen LogP contribution in [-0.4, -0.2) is 24.1 Å². The minimum atomic E-state index is 0.132. The van der Waals surface area contributed by atoms with Crippen molar-refractivity contribution in [1.29, 1.82) is 0 Å². The molecule has 0 unspecified atom stereocenters. The summed E-state index contributed by atoms with van der Waals surface area (Å²) < 4.78 is 7.91. The SMILES string of the molecule is CCCC(=O)NCCc1c2n(c3ccc(OC)cc13)CCc1ccccc1-2. The predicted molar refractivity (Wildman–Crippen MR) is 109 cm³/mol. The molecule has 4 rings (SSSR count). The zero-order chi connectivity index (χ0) is 18.8. The maximum Gasteiger partial charge on any atom is 0.219 e. The standard InChI is InChI=1S/C23H26N2O2/c1-3-6-22(26)24-13-11-19-20-15-17(27-2)9-10-21(20)25-14-12-16-7-4-5-8-18(16)23(19)25/h4-5,7-10,15H,3,6,11-14H2,1-2H3,(H,24,26). The van der Waals surface area contributed by atoms with E-state index in [-0.39, 0.29) is 5.91 Å². The topological polar surface area (TPSA) is 43.3 Å². The molecule has 27 heavy (non-hydrogen) atoms. The molecule has 2 heterocycles. The normalized spacial score (nSPS) is 12.5. The first kappa shape index (κ1) is 17.7. The Bertz CT molecular complexity index is 987. The van der Waals surface area contributed by atoms with Crippen molar-refractivity contribution in [3.8, 4) is 17.0 Å². The molecule has 2 aromatic carbocycles. The molecule has 1 aromatic heterocycles. The van der Waals surface area contributed by atoms with Gasteiger partial charge in [0.05, 0.1) is 12.8 Å². The van der Waals surface area contributed by atoms with Gasteiger partial charge in [-0.3, -0.25) is 4.79 Å². The summed E-state index contributed by atoms with van der Waals surface area (Å²) >= 11 is 0. The summed E-state index contributed by atoms with van der Waals surface area (Å²) in [6.45, 7) is 3.67. The van der Waals surface area contributed by atoms with Crippen molar-refractivity contribution in [2.75, 3.05) is 13.7 Å². The fraction of sp³-hybridized carbons (Fsp3) is 0.348. The number of ether oxygens (including phenoxy) is 1. The molecule has 0 fully saturated rings. The van der Waals surface area contributed by atoms with Crippen LogP contribution in [0.4, 0.5) is 0 Å². The molecular formula is C23H26N2O2. The lowest BCUT2D eigenvalue weighted by Crippen LogP contribution is -2.25. The molecule has 4 nitrogen and oxygen atoms in total. The quantitative estimate of drug-likeness (QED) is 0.709. The minimum absolute atomic E-state index is 0.132. The average Bonchev–Trinajstić information content (AvgIpc) is 3.01. The van der Waals surface area contributed by atoms with Crippen LogP contribution >= 0.6 is 0 Å². The largest absolute Gasteiger partial charge is 0.497 e. The lowest BCUT2D eigenvalue weighted by atomic mass is 9.95. The molecule has 1 aliphatic rings. The number of hydrogen-bond acceptors (Lipinski definition) is 2. The van der Waals surface area contributed by atoms with E-state index in [0.717, 1.165) is 31.6 Å². The maximum absolute atomic E-state index is 11.9. The maximum atomic E-state index is 11.9. The van der Waals surface area contributed by atoms with Gasteiger partial charge in [-0.15, -0.1) is 0 Å². The van der Waals surface area contributed by atoms with E-state index in [1.165, 1.54) is 33.3 Å². The summed E-state index contributed by atoms with van der Waals surface area (Å²) in [6, 6.07) is 15.0. The van der Waals surface area contributed by atoms with Crippen LogP contribution < -0.4 is 10.1 Å². The van der Waals surface area contributed by atoms with Gasteiger partial charge in [-0.1, -0.05) is 31.2 Å². The number of rotatable bonds is 6. The van der Waals surface area contributed by atoms with E-state index >= 15 is 0 Å². The van der Waals surface area contributed by atoms with Crippen LogP contribution in [0, 0.1) is 0 Å². The highest BCUT2D eigenvalue weighted by molar-refractivity contribution is 5.94. The third kappa shape index (κ3) is 3.20. The molecule has 0 aliphatic carbocycles. The van der Waals surface area contributed by atoms with Crippen molar-refractivity contribution in [1.82, 2.24) is 9.88 Å². The van der Waals surface area contributed by atoms with Gasteiger partial charge in [0, 0.05) is 36.0 Å². The number of aromatic nitrogens is 1. The number of aryl methyl sites for hydroxylation is 2. The zero-order valence-electron chi connectivity index (χ0n) is 16.0. The first-order valence-electron chi connectivity index (χ1n) is 9.77. The van der Waals surface area contributed by atoms with E-state index in [9.17, 15) is 4.79 Å². The Labute approximate surface area is 160 Å². The lowest BCUT2D eigenvalue weighted by molar-refractivity contribution is -0.121. The van der Waals surface area contributed by atoms with E-state index in [1.54, 1.807) is 7.11 Å². The summed E-state index contributed by atoms with van der Waals surface area (Å²) in [5.74, 6) is 1.00. The van der Waals surface area contributed by atoms with Gasteiger partial charge in [0.2, 0.25) is 5.91 Å². The monoisotopic (exact) mass is 362 g/mol. The second kappa shape index (κ2) is 7.47. The number of nitrogens with one attached hydrogen (secondary N) is 1. The summed E-state index contributed by atoms with van der Waals surface area (Å²) in [5, 5.41) is 4.29. The Morgan fingerprint density at radius 3 is 2.89 bits per heavy atom. The van der Waals surface area contributed by atoms with Crippen LogP contribution in [0.2, 0.25) is 0 Å². The summed E-state index contributed by atoms with van der Waals surface area (Å²) in [4.78, 5) is 11.9. The number of nitrogens with zero attached hydrogens (tertiary/aromatic N) is 1. The number of fused-ring (bicyclic) bond motifs is 5. The molecule has 0 bridgehead atoms. The lowest BCUT2D eigenvalue weighted by Gasteiger charge is -2.21. The number of methoxy groups -OCH3 is 1. The molecule has 0 saturated carbocycles. The minimum Gasteiger partial charge on any atom is -0.497 e. The van der Waals surface area contributed by atoms with Crippen molar-refractivity contribution >= 4 is 16.8 Å². The van der Waals surface area contributed by atoms with Gasteiger partial charge in [-0.2, -0.15) is 0 Å². The number of hydrogen-bond donors (Lipinski definition) is 1. The van der Waals surface area contributed by atoms with E-state index in [4.69, 9.17) is 4.74 Å². The smallest absolute Gasteiger partial charge is 0.219 e. The van der Waals surface area contributed by atoms with Crippen LogP contribution in [0.25, 0.3) is 22.2 Å². The Morgan fingerprint density at radius 1 is 1.22 bits per heavy atom. The first-order valence-corrected chi connectivity index (χ1v) is 9.77. The Balaban J connectivity index is 1.79. The molecule has 0 radical (unpaired) electrons. The van der Waals surface area contributed by atoms with Crippen molar-refractivity contribution in [2.24, 2.45) is 0 Å². The van der Waals surface area contributed by atoms with Crippen LogP contribution in [0.15, 0.2) is 42.5 Å². The summed E-state index contributed by atoms with van der Waals surface area (Å²) in [6.07, 6.45) is 3.33. The Hall–Kier alpha value is -2.75. The summed E-state index contributed by atoms with van der Waals surface area (Å²) in [7, 11) is 1.71. The molecule has 0 spiro atoms. The van der Waals surface area contributed by atoms with Crippen LogP contribution in [0.1, 0.15) is 30.9 Å². The van der Waals surface area contributed by atoms with Crippen LogP contribution in [0.5, 0.6) is 5.75 Å². The molecule has 1 aliphatic heterocycles.